The number of hydrogen-bond acceptors (Lipinski definition) is 3. The van der Waals surface area contributed by atoms with Crippen LogP contribution in [0.1, 0.15) is 6.42 Å². The van der Waals surface area contributed by atoms with Crippen molar-refractivity contribution >= 4 is 5.97 Å². The second-order valence-electron chi connectivity index (χ2n) is 3.92. The molecule has 0 radical (unpaired) electrons. The summed E-state index contributed by atoms with van der Waals surface area (Å²) in [5.74, 6) is -0.840. The monoisotopic (exact) mass is 209 g/mol. The van der Waals surface area contributed by atoms with Crippen molar-refractivity contribution in [1.82, 2.24) is 14.5 Å². The molecule has 0 saturated carbocycles. The third-order valence-corrected chi connectivity index (χ3v) is 2.86. The summed E-state index contributed by atoms with van der Waals surface area (Å²) in [5.41, 5.74) is 0. The van der Waals surface area contributed by atoms with Crippen LogP contribution in [-0.4, -0.2) is 45.2 Å². The maximum Gasteiger partial charge on any atom is 0.307 e. The van der Waals surface area contributed by atoms with Gasteiger partial charge in [-0.05, 0) is 13.0 Å². The molecule has 1 aromatic heterocycles. The van der Waals surface area contributed by atoms with Crippen LogP contribution in [0.5, 0.6) is 0 Å². The normalized spacial score (nSPS) is 22.0. The fraction of sp³-hybridized carbons (Fsp3) is 0.600. The van der Waals surface area contributed by atoms with Crippen molar-refractivity contribution in [2.75, 3.05) is 19.6 Å². The van der Waals surface area contributed by atoms with E-state index in [0.717, 1.165) is 26.1 Å². The predicted octanol–water partition coefficient (Wildman–Crippen LogP) is 0.290. The van der Waals surface area contributed by atoms with Gasteiger partial charge in [0.1, 0.15) is 0 Å². The molecule has 2 rings (SSSR count). The summed E-state index contributed by atoms with van der Waals surface area (Å²) in [6.45, 7) is 3.36. The Kier molecular flexibility index (Phi) is 3.01. The van der Waals surface area contributed by atoms with Crippen molar-refractivity contribution in [3.05, 3.63) is 18.7 Å². The van der Waals surface area contributed by atoms with Crippen LogP contribution in [0.25, 0.3) is 0 Å². The maximum absolute atomic E-state index is 10.7. The van der Waals surface area contributed by atoms with E-state index in [1.807, 2.05) is 10.8 Å². The maximum atomic E-state index is 10.7. The average molecular weight is 209 g/mol. The molecule has 0 aliphatic carbocycles. The Bertz CT molecular complexity index is 323. The molecule has 1 atom stereocenters. The van der Waals surface area contributed by atoms with Gasteiger partial charge in [0.25, 0.3) is 0 Å². The van der Waals surface area contributed by atoms with Gasteiger partial charge in [-0.2, -0.15) is 0 Å². The van der Waals surface area contributed by atoms with Crippen molar-refractivity contribution in [3.63, 3.8) is 0 Å². The van der Waals surface area contributed by atoms with Gasteiger partial charge >= 0.3 is 5.97 Å². The summed E-state index contributed by atoms with van der Waals surface area (Å²) in [4.78, 5) is 16.9. The molecule has 1 saturated heterocycles. The fourth-order valence-corrected chi connectivity index (χ4v) is 1.91. The molecule has 1 N–H and O–H groups in total. The largest absolute Gasteiger partial charge is 0.481 e. The third kappa shape index (κ3) is 2.56. The number of hydrogen-bond donors (Lipinski definition) is 1. The number of carboxylic acids is 1. The van der Waals surface area contributed by atoms with Crippen LogP contribution in [0.2, 0.25) is 0 Å². The molecule has 0 bridgehead atoms. The van der Waals surface area contributed by atoms with Gasteiger partial charge in [-0.15, -0.1) is 0 Å². The summed E-state index contributed by atoms with van der Waals surface area (Å²) in [5, 5.41) is 8.84. The zero-order valence-electron chi connectivity index (χ0n) is 8.54. The van der Waals surface area contributed by atoms with Crippen LogP contribution in [0, 0.1) is 5.92 Å². The molecule has 15 heavy (non-hydrogen) atoms. The Labute approximate surface area is 88.3 Å². The van der Waals surface area contributed by atoms with Gasteiger partial charge in [-0.3, -0.25) is 4.79 Å². The van der Waals surface area contributed by atoms with Crippen LogP contribution in [0.4, 0.5) is 0 Å². The van der Waals surface area contributed by atoms with E-state index in [9.17, 15) is 4.79 Å². The first-order chi connectivity index (χ1) is 7.25. The first kappa shape index (κ1) is 10.2. The number of rotatable bonds is 4. The lowest BCUT2D eigenvalue weighted by Crippen LogP contribution is -2.26. The SMILES string of the molecule is O=C(O)C1CCN(CCn2ccnc2)C1. The molecule has 5 heteroatoms. The minimum atomic E-state index is -0.667. The van der Waals surface area contributed by atoms with E-state index in [1.165, 1.54) is 0 Å². The highest BCUT2D eigenvalue weighted by Gasteiger charge is 2.27. The molecule has 0 amide bonds. The van der Waals surface area contributed by atoms with E-state index < -0.39 is 5.97 Å². The van der Waals surface area contributed by atoms with E-state index in [0.29, 0.717) is 6.54 Å². The summed E-state index contributed by atoms with van der Waals surface area (Å²) in [7, 11) is 0. The lowest BCUT2D eigenvalue weighted by Gasteiger charge is -2.14. The van der Waals surface area contributed by atoms with Crippen molar-refractivity contribution in [3.8, 4) is 0 Å². The number of nitrogens with zero attached hydrogens (tertiary/aromatic N) is 3. The molecular weight excluding hydrogens is 194 g/mol. The van der Waals surface area contributed by atoms with Gasteiger partial charge < -0.3 is 14.6 Å². The molecule has 0 aromatic carbocycles. The van der Waals surface area contributed by atoms with Gasteiger partial charge in [-0.1, -0.05) is 0 Å². The highest BCUT2D eigenvalue weighted by atomic mass is 16.4. The first-order valence-electron chi connectivity index (χ1n) is 5.16. The fourth-order valence-electron chi connectivity index (χ4n) is 1.91. The highest BCUT2D eigenvalue weighted by molar-refractivity contribution is 5.70. The van der Waals surface area contributed by atoms with Crippen molar-refractivity contribution in [1.29, 1.82) is 0 Å². The molecule has 1 aliphatic rings. The topological polar surface area (TPSA) is 58.4 Å². The van der Waals surface area contributed by atoms with Crippen LogP contribution < -0.4 is 0 Å². The van der Waals surface area contributed by atoms with E-state index in [1.54, 1.807) is 12.5 Å². The smallest absolute Gasteiger partial charge is 0.307 e. The lowest BCUT2D eigenvalue weighted by molar-refractivity contribution is -0.141. The Balaban J connectivity index is 1.75. The van der Waals surface area contributed by atoms with Crippen molar-refractivity contribution in [2.24, 2.45) is 5.92 Å². The zero-order valence-corrected chi connectivity index (χ0v) is 8.54. The number of likely N-dealkylation sites (tertiary alicyclic amines) is 1. The van der Waals surface area contributed by atoms with E-state index >= 15 is 0 Å². The Morgan fingerprint density at radius 1 is 1.53 bits per heavy atom. The quantitative estimate of drug-likeness (QED) is 0.774. The molecular formula is C10H15N3O2. The van der Waals surface area contributed by atoms with E-state index in [4.69, 9.17) is 5.11 Å². The number of aliphatic carboxylic acids is 1. The zero-order chi connectivity index (χ0) is 10.7. The third-order valence-electron chi connectivity index (χ3n) is 2.86. The predicted molar refractivity (Wildman–Crippen MR) is 54.4 cm³/mol. The Morgan fingerprint density at radius 2 is 2.40 bits per heavy atom. The number of imidazole rings is 1. The lowest BCUT2D eigenvalue weighted by atomic mass is 10.1. The van der Waals surface area contributed by atoms with Crippen LogP contribution in [0.15, 0.2) is 18.7 Å². The summed E-state index contributed by atoms with van der Waals surface area (Å²) in [6, 6.07) is 0. The van der Waals surface area contributed by atoms with Crippen molar-refractivity contribution < 1.29 is 9.90 Å². The van der Waals surface area contributed by atoms with Gasteiger partial charge in [0.05, 0.1) is 12.2 Å². The Morgan fingerprint density at radius 3 is 3.00 bits per heavy atom. The number of aromatic nitrogens is 2. The summed E-state index contributed by atoms with van der Waals surface area (Å²) >= 11 is 0. The second kappa shape index (κ2) is 4.44. The first-order valence-corrected chi connectivity index (χ1v) is 5.16. The Hall–Kier alpha value is -1.36. The summed E-state index contributed by atoms with van der Waals surface area (Å²) < 4.78 is 2.01. The van der Waals surface area contributed by atoms with Gasteiger partial charge in [0.15, 0.2) is 0 Å². The second-order valence-corrected chi connectivity index (χ2v) is 3.92. The molecule has 1 unspecified atom stereocenters. The van der Waals surface area contributed by atoms with Crippen molar-refractivity contribution in [2.45, 2.75) is 13.0 Å². The van der Waals surface area contributed by atoms with Crippen LogP contribution in [-0.2, 0) is 11.3 Å². The molecule has 0 spiro atoms. The van der Waals surface area contributed by atoms with Gasteiger partial charge in [-0.25, -0.2) is 4.98 Å². The van der Waals surface area contributed by atoms with Gasteiger partial charge in [0.2, 0.25) is 0 Å². The molecule has 1 fully saturated rings. The molecule has 1 aliphatic heterocycles. The van der Waals surface area contributed by atoms with E-state index in [-0.39, 0.29) is 5.92 Å². The van der Waals surface area contributed by atoms with Gasteiger partial charge in [0, 0.05) is 32.0 Å². The number of carbonyl (C=O) groups is 1. The molecule has 82 valence electrons. The number of carboxylic acid groups (broad SMARTS) is 1. The van der Waals surface area contributed by atoms with Crippen LogP contribution in [0.3, 0.4) is 0 Å². The average Bonchev–Trinajstić information content (AvgIpc) is 2.86. The summed E-state index contributed by atoms with van der Waals surface area (Å²) in [6.07, 6.45) is 6.23. The minimum Gasteiger partial charge on any atom is -0.481 e. The molecule has 1 aromatic rings. The standard InChI is InChI=1S/C10H15N3O2/c14-10(15)9-1-3-12(7-9)5-6-13-4-2-11-8-13/h2,4,8-9H,1,3,5-7H2,(H,14,15). The molecule has 5 nitrogen and oxygen atoms in total. The highest BCUT2D eigenvalue weighted by Crippen LogP contribution is 2.15. The minimum absolute atomic E-state index is 0.173. The molecule has 2 heterocycles. The van der Waals surface area contributed by atoms with E-state index in [2.05, 4.69) is 9.88 Å². The van der Waals surface area contributed by atoms with Crippen LogP contribution >= 0.6 is 0 Å².